The first kappa shape index (κ1) is 24.6. The van der Waals surface area contributed by atoms with Crippen molar-refractivity contribution in [2.75, 3.05) is 36.9 Å². The molecule has 2 N–H and O–H groups in total. The minimum absolute atomic E-state index is 0.0807. The molecule has 2 aromatic carbocycles. The lowest BCUT2D eigenvalue weighted by molar-refractivity contribution is -0.384. The normalized spacial score (nSPS) is 14.8. The zero-order valence-electron chi connectivity index (χ0n) is 18.6. The van der Waals surface area contributed by atoms with Crippen LogP contribution in [0.15, 0.2) is 47.4 Å². The Bertz CT molecular complexity index is 1110. The maximum absolute atomic E-state index is 12.8. The van der Waals surface area contributed by atoms with E-state index in [1.807, 2.05) is 19.9 Å². The number of ether oxygens (including phenoxy) is 1. The maximum atomic E-state index is 12.8. The third-order valence-electron chi connectivity index (χ3n) is 5.06. The Labute approximate surface area is 193 Å². The predicted molar refractivity (Wildman–Crippen MR) is 125 cm³/mol. The molecule has 2 aromatic rings. The molecule has 33 heavy (non-hydrogen) atoms. The third-order valence-corrected chi connectivity index (χ3v) is 6.96. The van der Waals surface area contributed by atoms with E-state index >= 15 is 0 Å². The fraction of sp³-hybridized carbons (Fsp3) is 0.409. The molecule has 0 saturated carbocycles. The molecule has 1 aliphatic heterocycles. The minimum Gasteiger partial charge on any atom is -0.379 e. The molecule has 1 aliphatic rings. The lowest BCUT2D eigenvalue weighted by Crippen LogP contribution is -2.40. The molecule has 0 aromatic heterocycles. The van der Waals surface area contributed by atoms with E-state index in [1.165, 1.54) is 16.4 Å². The highest BCUT2D eigenvalue weighted by Gasteiger charge is 2.28. The molecule has 0 radical (unpaired) electrons. The van der Waals surface area contributed by atoms with Crippen LogP contribution in [-0.2, 0) is 26.1 Å². The van der Waals surface area contributed by atoms with E-state index in [0.29, 0.717) is 12.1 Å². The van der Waals surface area contributed by atoms with Crippen LogP contribution in [-0.4, -0.2) is 49.9 Å². The summed E-state index contributed by atoms with van der Waals surface area (Å²) in [4.78, 5) is 22.9. The second kappa shape index (κ2) is 10.7. The van der Waals surface area contributed by atoms with E-state index in [9.17, 15) is 23.3 Å². The lowest BCUT2D eigenvalue weighted by Gasteiger charge is -2.26. The summed E-state index contributed by atoms with van der Waals surface area (Å²) < 4.78 is 32.1. The first-order chi connectivity index (χ1) is 15.7. The lowest BCUT2D eigenvalue weighted by atomic mass is 10.1. The van der Waals surface area contributed by atoms with Crippen LogP contribution >= 0.6 is 0 Å². The van der Waals surface area contributed by atoms with Gasteiger partial charge in [-0.1, -0.05) is 26.0 Å². The predicted octanol–water partition coefficient (Wildman–Crippen LogP) is 3.21. The van der Waals surface area contributed by atoms with Gasteiger partial charge in [0.05, 0.1) is 23.0 Å². The van der Waals surface area contributed by atoms with E-state index in [-0.39, 0.29) is 60.9 Å². The van der Waals surface area contributed by atoms with Crippen LogP contribution in [0, 0.1) is 16.0 Å². The third kappa shape index (κ3) is 6.50. The topological polar surface area (TPSA) is 131 Å². The largest absolute Gasteiger partial charge is 0.379 e. The number of morpholine rings is 1. The first-order valence-corrected chi connectivity index (χ1v) is 12.1. The number of hydrogen-bond donors (Lipinski definition) is 2. The van der Waals surface area contributed by atoms with E-state index < -0.39 is 14.9 Å². The zero-order chi connectivity index (χ0) is 24.0. The van der Waals surface area contributed by atoms with Crippen LogP contribution in [0.5, 0.6) is 0 Å². The summed E-state index contributed by atoms with van der Waals surface area (Å²) in [6, 6.07) is 11.0. The molecule has 3 rings (SSSR count). The van der Waals surface area contributed by atoms with Gasteiger partial charge in [-0.3, -0.25) is 14.9 Å². The molecular formula is C22H28N4O6S. The Hall–Kier alpha value is -3.02. The number of nitrogens with one attached hydrogen (secondary N) is 2. The molecular weight excluding hydrogens is 448 g/mol. The van der Waals surface area contributed by atoms with E-state index in [1.54, 1.807) is 18.2 Å². The van der Waals surface area contributed by atoms with Crippen molar-refractivity contribution in [1.82, 2.24) is 4.31 Å². The number of rotatable bonds is 9. The SMILES string of the molecule is CC(C)CC(=O)Nc1cccc(CNc2ccc(S(=O)(=O)N3CCOCC3)cc2[N+](=O)[O-])c1. The van der Waals surface area contributed by atoms with Gasteiger partial charge in [-0.2, -0.15) is 4.31 Å². The fourth-order valence-electron chi connectivity index (χ4n) is 3.45. The highest BCUT2D eigenvalue weighted by atomic mass is 32.2. The average molecular weight is 477 g/mol. The Balaban J connectivity index is 1.74. The van der Waals surface area contributed by atoms with Crippen LogP contribution in [0.3, 0.4) is 0 Å². The first-order valence-electron chi connectivity index (χ1n) is 10.7. The van der Waals surface area contributed by atoms with Gasteiger partial charge < -0.3 is 15.4 Å². The summed E-state index contributed by atoms with van der Waals surface area (Å²) in [6.07, 6.45) is 0.411. The Morgan fingerprint density at radius 3 is 2.58 bits per heavy atom. The monoisotopic (exact) mass is 476 g/mol. The van der Waals surface area contributed by atoms with Gasteiger partial charge in [0.15, 0.2) is 0 Å². The Kier molecular flexibility index (Phi) is 8.01. The maximum Gasteiger partial charge on any atom is 0.293 e. The van der Waals surface area contributed by atoms with Crippen LogP contribution in [0.1, 0.15) is 25.8 Å². The van der Waals surface area contributed by atoms with Crippen LogP contribution < -0.4 is 10.6 Å². The number of amides is 1. The van der Waals surface area contributed by atoms with Crippen molar-refractivity contribution >= 4 is 33.0 Å². The van der Waals surface area contributed by atoms with Crippen molar-refractivity contribution in [1.29, 1.82) is 0 Å². The molecule has 1 saturated heterocycles. The van der Waals surface area contributed by atoms with E-state index in [4.69, 9.17) is 4.74 Å². The van der Waals surface area contributed by atoms with Crippen molar-refractivity contribution in [3.63, 3.8) is 0 Å². The molecule has 0 unspecified atom stereocenters. The Morgan fingerprint density at radius 1 is 1.18 bits per heavy atom. The van der Waals surface area contributed by atoms with Crippen molar-refractivity contribution in [2.45, 2.75) is 31.7 Å². The minimum atomic E-state index is -3.85. The molecule has 0 atom stereocenters. The van der Waals surface area contributed by atoms with Crippen molar-refractivity contribution in [3.05, 3.63) is 58.1 Å². The molecule has 0 spiro atoms. The second-order valence-electron chi connectivity index (χ2n) is 8.15. The van der Waals surface area contributed by atoms with Gasteiger partial charge in [-0.15, -0.1) is 0 Å². The van der Waals surface area contributed by atoms with Crippen LogP contribution in [0.4, 0.5) is 17.1 Å². The highest BCUT2D eigenvalue weighted by Crippen LogP contribution is 2.30. The van der Waals surface area contributed by atoms with Crippen LogP contribution in [0.25, 0.3) is 0 Å². The van der Waals surface area contributed by atoms with Gasteiger partial charge in [-0.05, 0) is 35.7 Å². The summed E-state index contributed by atoms with van der Waals surface area (Å²) in [6.45, 7) is 5.18. The summed E-state index contributed by atoms with van der Waals surface area (Å²) in [5.41, 5.74) is 1.32. The average Bonchev–Trinajstić information content (AvgIpc) is 2.77. The van der Waals surface area contributed by atoms with Gasteiger partial charge >= 0.3 is 0 Å². The molecule has 0 aliphatic carbocycles. The molecule has 1 amide bonds. The number of nitrogens with zero attached hydrogens (tertiary/aromatic N) is 2. The summed E-state index contributed by atoms with van der Waals surface area (Å²) in [5.74, 6) is 0.160. The molecule has 0 bridgehead atoms. The number of benzene rings is 2. The standard InChI is InChI=1S/C22H28N4O6S/c1-16(2)12-22(27)24-18-5-3-4-17(13-18)15-23-20-7-6-19(14-21(20)26(28)29)33(30,31)25-8-10-32-11-9-25/h3-7,13-14,16,23H,8-12,15H2,1-2H3,(H,24,27). The van der Waals surface area contributed by atoms with Crippen molar-refractivity contribution in [2.24, 2.45) is 5.92 Å². The smallest absolute Gasteiger partial charge is 0.293 e. The number of anilines is 2. The van der Waals surface area contributed by atoms with Gasteiger partial charge in [0.1, 0.15) is 5.69 Å². The van der Waals surface area contributed by atoms with Crippen molar-refractivity contribution < 1.29 is 22.9 Å². The molecule has 178 valence electrons. The second-order valence-corrected chi connectivity index (χ2v) is 10.1. The van der Waals surface area contributed by atoms with Gasteiger partial charge in [0.2, 0.25) is 15.9 Å². The number of carbonyl (C=O) groups excluding carboxylic acids is 1. The van der Waals surface area contributed by atoms with Gasteiger partial charge in [0.25, 0.3) is 5.69 Å². The quantitative estimate of drug-likeness (QED) is 0.420. The van der Waals surface area contributed by atoms with Crippen molar-refractivity contribution in [3.8, 4) is 0 Å². The molecule has 11 heteroatoms. The molecule has 1 fully saturated rings. The van der Waals surface area contributed by atoms with Crippen LogP contribution in [0.2, 0.25) is 0 Å². The number of nitro groups is 1. The Morgan fingerprint density at radius 2 is 1.91 bits per heavy atom. The summed E-state index contributed by atoms with van der Waals surface area (Å²) in [5, 5.41) is 17.5. The molecule has 1 heterocycles. The summed E-state index contributed by atoms with van der Waals surface area (Å²) >= 11 is 0. The zero-order valence-corrected chi connectivity index (χ0v) is 19.4. The van der Waals surface area contributed by atoms with Gasteiger partial charge in [-0.25, -0.2) is 8.42 Å². The highest BCUT2D eigenvalue weighted by molar-refractivity contribution is 7.89. The number of sulfonamides is 1. The number of nitro benzene ring substituents is 1. The van der Waals surface area contributed by atoms with E-state index in [0.717, 1.165) is 11.6 Å². The molecule has 10 nitrogen and oxygen atoms in total. The fourth-order valence-corrected chi connectivity index (χ4v) is 4.88. The number of carbonyl (C=O) groups is 1. The summed E-state index contributed by atoms with van der Waals surface area (Å²) in [7, 11) is -3.85. The number of hydrogen-bond acceptors (Lipinski definition) is 7. The van der Waals surface area contributed by atoms with Gasteiger partial charge in [0, 0.05) is 37.8 Å². The van der Waals surface area contributed by atoms with E-state index in [2.05, 4.69) is 10.6 Å².